The molecule has 0 aliphatic rings. The topological polar surface area (TPSA) is 98.2 Å². The Bertz CT molecular complexity index is 637. The van der Waals surface area contributed by atoms with Gasteiger partial charge in [-0.25, -0.2) is 4.79 Å². The van der Waals surface area contributed by atoms with Crippen molar-refractivity contribution >= 4 is 29.7 Å². The van der Waals surface area contributed by atoms with Crippen LogP contribution in [-0.4, -0.2) is 26.4 Å². The van der Waals surface area contributed by atoms with Gasteiger partial charge in [0, 0.05) is 5.69 Å². The summed E-state index contributed by atoms with van der Waals surface area (Å²) in [7, 11) is 0. The minimum Gasteiger partial charge on any atom is -0.508 e. The number of aromatic carboxylic acids is 1. The van der Waals surface area contributed by atoms with Gasteiger partial charge in [0.05, 0.1) is 0 Å². The number of anilines is 2. The van der Waals surface area contributed by atoms with Crippen LogP contribution in [0.5, 0.6) is 5.75 Å². The minimum absolute atomic E-state index is 0.0215. The van der Waals surface area contributed by atoms with Gasteiger partial charge in [0.25, 0.3) is 0 Å². The highest BCUT2D eigenvalue weighted by molar-refractivity contribution is 7.71. The van der Waals surface area contributed by atoms with Crippen molar-refractivity contribution in [3.63, 3.8) is 0 Å². The van der Waals surface area contributed by atoms with E-state index < -0.39 is 5.97 Å². The van der Waals surface area contributed by atoms with Crippen molar-refractivity contribution in [3.8, 4) is 5.75 Å². The molecule has 0 spiro atoms. The molecule has 0 bridgehead atoms. The normalized spacial score (nSPS) is 10.0. The number of nitrogens with one attached hydrogen (secondary N) is 2. The van der Waals surface area contributed by atoms with Gasteiger partial charge in [0.2, 0.25) is 0 Å². The van der Waals surface area contributed by atoms with Gasteiger partial charge in [-0.3, -0.25) is 5.10 Å². The summed E-state index contributed by atoms with van der Waals surface area (Å²) in [5.74, 6) is -0.842. The summed E-state index contributed by atoms with van der Waals surface area (Å²) in [6, 6.07) is 7.48. The van der Waals surface area contributed by atoms with E-state index in [-0.39, 0.29) is 21.8 Å². The maximum Gasteiger partial charge on any atom is 0.339 e. The molecule has 0 unspecified atom stereocenters. The lowest BCUT2D eigenvalue weighted by Crippen LogP contribution is -2.06. The number of carboxylic acids is 1. The van der Waals surface area contributed by atoms with Crippen molar-refractivity contribution in [1.82, 2.24) is 10.2 Å². The Balaban J connectivity index is 2.37. The van der Waals surface area contributed by atoms with Crippen LogP contribution in [0.25, 0.3) is 0 Å². The smallest absolute Gasteiger partial charge is 0.339 e. The number of rotatable bonds is 3. The molecule has 7 heteroatoms. The lowest BCUT2D eigenvalue weighted by molar-refractivity contribution is 0.0697. The van der Waals surface area contributed by atoms with Gasteiger partial charge < -0.3 is 15.5 Å². The van der Waals surface area contributed by atoms with Crippen LogP contribution < -0.4 is 5.32 Å². The molecule has 1 aromatic carbocycles. The number of phenols is 1. The summed E-state index contributed by atoms with van der Waals surface area (Å²) < 4.78 is 0.239. The van der Waals surface area contributed by atoms with Crippen LogP contribution in [0.1, 0.15) is 10.4 Å². The van der Waals surface area contributed by atoms with E-state index >= 15 is 0 Å². The Kier molecular flexibility index (Phi) is 3.24. The fraction of sp³-hybridized carbons (Fsp3) is 0. The lowest BCUT2D eigenvalue weighted by atomic mass is 10.2. The fourth-order valence-corrected chi connectivity index (χ4v) is 1.51. The van der Waals surface area contributed by atoms with E-state index in [0.717, 1.165) is 0 Å². The second-order valence-electron chi connectivity index (χ2n) is 3.47. The number of carbonyl (C=O) groups is 1. The van der Waals surface area contributed by atoms with Crippen LogP contribution in [0.3, 0.4) is 0 Å². The van der Waals surface area contributed by atoms with E-state index in [1.807, 2.05) is 0 Å². The number of aromatic amines is 1. The summed E-state index contributed by atoms with van der Waals surface area (Å²) in [4.78, 5) is 11.0. The zero-order chi connectivity index (χ0) is 13.1. The second-order valence-corrected chi connectivity index (χ2v) is 3.91. The second kappa shape index (κ2) is 4.84. The molecule has 0 radical (unpaired) electrons. The van der Waals surface area contributed by atoms with Crippen molar-refractivity contribution in [2.45, 2.75) is 0 Å². The van der Waals surface area contributed by atoms with E-state index in [9.17, 15) is 4.79 Å². The van der Waals surface area contributed by atoms with Gasteiger partial charge in [-0.05, 0) is 30.3 Å². The zero-order valence-electron chi connectivity index (χ0n) is 9.04. The van der Waals surface area contributed by atoms with Gasteiger partial charge in [-0.15, -0.1) is 0 Å². The van der Waals surface area contributed by atoms with Gasteiger partial charge in [-0.1, -0.05) is 12.2 Å². The molecule has 92 valence electrons. The first-order chi connectivity index (χ1) is 8.56. The monoisotopic (exact) mass is 263 g/mol. The molecule has 6 nitrogen and oxygen atoms in total. The third kappa shape index (κ3) is 2.64. The summed E-state index contributed by atoms with van der Waals surface area (Å²) in [6.07, 6.45) is 0. The van der Waals surface area contributed by atoms with Crippen LogP contribution in [0.2, 0.25) is 0 Å². The number of aromatic nitrogens is 2. The van der Waals surface area contributed by atoms with Gasteiger partial charge in [0.1, 0.15) is 16.0 Å². The Morgan fingerprint density at radius 3 is 2.61 bits per heavy atom. The molecule has 0 aliphatic carbocycles. The third-order valence-corrected chi connectivity index (χ3v) is 2.38. The minimum atomic E-state index is -1.12. The Morgan fingerprint density at radius 1 is 1.33 bits per heavy atom. The number of carboxylic acid groups (broad SMARTS) is 1. The number of aromatic hydroxyl groups is 1. The molecular formula is C11H9N3O3S. The molecule has 0 saturated carbocycles. The number of benzene rings is 1. The standard InChI is InChI=1S/C11H9N3O3S/c15-7-3-1-6(2-4-7)12-10-8(11(16)17)5-9(18)13-14-10/h1-5,15H,(H,12,14)(H,13,18)(H,16,17). The lowest BCUT2D eigenvalue weighted by Gasteiger charge is -2.07. The molecule has 1 heterocycles. The Hall–Kier alpha value is -2.41. The largest absolute Gasteiger partial charge is 0.508 e. The molecule has 2 rings (SSSR count). The molecule has 0 fully saturated rings. The number of H-pyrrole nitrogens is 1. The molecule has 4 N–H and O–H groups in total. The van der Waals surface area contributed by atoms with Crippen molar-refractivity contribution in [1.29, 1.82) is 0 Å². The van der Waals surface area contributed by atoms with E-state index in [1.165, 1.54) is 18.2 Å². The number of hydrogen-bond acceptors (Lipinski definition) is 5. The van der Waals surface area contributed by atoms with E-state index in [1.54, 1.807) is 12.1 Å². The molecule has 0 saturated heterocycles. The molecular weight excluding hydrogens is 254 g/mol. The van der Waals surface area contributed by atoms with Gasteiger partial charge in [0.15, 0.2) is 5.82 Å². The fourth-order valence-electron chi connectivity index (χ4n) is 1.34. The van der Waals surface area contributed by atoms with Crippen molar-refractivity contribution in [2.24, 2.45) is 0 Å². The van der Waals surface area contributed by atoms with Crippen LogP contribution in [-0.2, 0) is 0 Å². The SMILES string of the molecule is O=C(O)c1cc(=S)[nH]nc1Nc1ccc(O)cc1. The van der Waals surface area contributed by atoms with E-state index in [4.69, 9.17) is 22.4 Å². The molecule has 0 amide bonds. The summed E-state index contributed by atoms with van der Waals surface area (Å²) >= 11 is 4.82. The van der Waals surface area contributed by atoms with E-state index in [2.05, 4.69) is 15.5 Å². The van der Waals surface area contributed by atoms with Gasteiger partial charge in [-0.2, -0.15) is 5.10 Å². The first-order valence-electron chi connectivity index (χ1n) is 4.95. The average molecular weight is 263 g/mol. The van der Waals surface area contributed by atoms with Crippen LogP contribution in [0.15, 0.2) is 30.3 Å². The Morgan fingerprint density at radius 2 is 2.00 bits per heavy atom. The molecule has 0 aliphatic heterocycles. The highest BCUT2D eigenvalue weighted by Crippen LogP contribution is 2.20. The maximum absolute atomic E-state index is 11.0. The maximum atomic E-state index is 11.0. The van der Waals surface area contributed by atoms with E-state index in [0.29, 0.717) is 5.69 Å². The summed E-state index contributed by atoms with van der Waals surface area (Å²) in [6.45, 7) is 0. The zero-order valence-corrected chi connectivity index (χ0v) is 9.86. The van der Waals surface area contributed by atoms with Crippen LogP contribution >= 0.6 is 12.2 Å². The highest BCUT2D eigenvalue weighted by atomic mass is 32.1. The number of phenolic OH excluding ortho intramolecular Hbond substituents is 1. The first-order valence-corrected chi connectivity index (χ1v) is 5.36. The first kappa shape index (κ1) is 12.1. The predicted molar refractivity (Wildman–Crippen MR) is 67.8 cm³/mol. The highest BCUT2D eigenvalue weighted by Gasteiger charge is 2.11. The third-order valence-electron chi connectivity index (χ3n) is 2.17. The van der Waals surface area contributed by atoms with Crippen LogP contribution in [0, 0.1) is 4.64 Å². The van der Waals surface area contributed by atoms with Crippen molar-refractivity contribution < 1.29 is 15.0 Å². The predicted octanol–water partition coefficient (Wildman–Crippen LogP) is 2.29. The van der Waals surface area contributed by atoms with Crippen LogP contribution in [0.4, 0.5) is 11.5 Å². The number of hydrogen-bond donors (Lipinski definition) is 4. The summed E-state index contributed by atoms with van der Waals surface area (Å²) in [5.41, 5.74) is 0.583. The molecule has 18 heavy (non-hydrogen) atoms. The number of nitrogens with zero attached hydrogens (tertiary/aromatic N) is 1. The van der Waals surface area contributed by atoms with Crippen molar-refractivity contribution in [2.75, 3.05) is 5.32 Å². The van der Waals surface area contributed by atoms with Crippen molar-refractivity contribution in [3.05, 3.63) is 40.5 Å². The Labute approximate surface area is 107 Å². The molecule has 2 aromatic rings. The summed E-state index contributed by atoms with van der Waals surface area (Å²) in [5, 5.41) is 27.4. The average Bonchev–Trinajstić information content (AvgIpc) is 2.34. The molecule has 1 aromatic heterocycles. The molecule has 0 atom stereocenters. The van der Waals surface area contributed by atoms with Gasteiger partial charge >= 0.3 is 5.97 Å². The quantitative estimate of drug-likeness (QED) is 0.501.